The van der Waals surface area contributed by atoms with Crippen LogP contribution in [-0.4, -0.2) is 31.8 Å². The van der Waals surface area contributed by atoms with E-state index in [1.54, 1.807) is 6.26 Å². The molecule has 0 bridgehead atoms. The second-order valence-electron chi connectivity index (χ2n) is 4.48. The van der Waals surface area contributed by atoms with Crippen LogP contribution in [0.3, 0.4) is 0 Å². The fraction of sp³-hybridized carbons (Fsp3) is 0.643. The van der Waals surface area contributed by atoms with Crippen molar-refractivity contribution in [2.45, 2.75) is 39.2 Å². The zero-order valence-electron chi connectivity index (χ0n) is 12.2. The summed E-state index contributed by atoms with van der Waals surface area (Å²) in [4.78, 5) is 4.34. The van der Waals surface area contributed by atoms with Crippen molar-refractivity contribution in [3.8, 4) is 0 Å². The molecule has 1 heterocycles. The smallest absolute Gasteiger partial charge is 0.191 e. The second-order valence-corrected chi connectivity index (χ2v) is 4.48. The summed E-state index contributed by atoms with van der Waals surface area (Å²) in [6, 6.07) is 4.17. The molecule has 4 nitrogen and oxygen atoms in total. The van der Waals surface area contributed by atoms with Gasteiger partial charge in [-0.05, 0) is 31.9 Å². The molecule has 0 fully saturated rings. The van der Waals surface area contributed by atoms with Gasteiger partial charge in [0.15, 0.2) is 5.96 Å². The summed E-state index contributed by atoms with van der Waals surface area (Å²) in [5.74, 6) is 1.69. The van der Waals surface area contributed by atoms with Crippen LogP contribution in [0, 0.1) is 0 Å². The number of rotatable bonds is 8. The third-order valence-electron chi connectivity index (χ3n) is 2.80. The first-order valence-electron chi connectivity index (χ1n) is 6.89. The topological polar surface area (TPSA) is 49.6 Å². The van der Waals surface area contributed by atoms with Gasteiger partial charge >= 0.3 is 0 Å². The highest BCUT2D eigenvalue weighted by Crippen LogP contribution is 1.99. The van der Waals surface area contributed by atoms with E-state index < -0.39 is 0 Å². The first-order chi connectivity index (χ1) is 9.26. The van der Waals surface area contributed by atoms with Gasteiger partial charge in [-0.15, -0.1) is 24.0 Å². The summed E-state index contributed by atoms with van der Waals surface area (Å²) in [7, 11) is 0. The molecule has 6 heteroatoms. The standard InChI is InChI=1S/C14H24FN3O.HI/c1-3-12(2)18-14(16-9-5-8-15)17-10-7-13-6-4-11-19-13;/h4,6,11-12H,3,5,7-10H2,1-2H3,(H2,16,17,18);1H. The molecule has 1 aromatic heterocycles. The summed E-state index contributed by atoms with van der Waals surface area (Å²) in [6.45, 7) is 5.12. The molecule has 0 aliphatic heterocycles. The Morgan fingerprint density at radius 3 is 2.90 bits per heavy atom. The minimum Gasteiger partial charge on any atom is -0.469 e. The molecule has 0 saturated heterocycles. The lowest BCUT2D eigenvalue weighted by atomic mass is 10.3. The summed E-state index contributed by atoms with van der Waals surface area (Å²) >= 11 is 0. The Morgan fingerprint density at radius 2 is 2.30 bits per heavy atom. The summed E-state index contributed by atoms with van der Waals surface area (Å²) < 4.78 is 17.4. The van der Waals surface area contributed by atoms with Crippen LogP contribution in [0.15, 0.2) is 27.8 Å². The summed E-state index contributed by atoms with van der Waals surface area (Å²) in [5.41, 5.74) is 0. The lowest BCUT2D eigenvalue weighted by Gasteiger charge is -2.16. The fourth-order valence-corrected chi connectivity index (χ4v) is 1.50. The Bertz CT molecular complexity index is 357. The maximum Gasteiger partial charge on any atom is 0.191 e. The van der Waals surface area contributed by atoms with E-state index >= 15 is 0 Å². The van der Waals surface area contributed by atoms with Crippen LogP contribution in [0.2, 0.25) is 0 Å². The van der Waals surface area contributed by atoms with Gasteiger partial charge in [-0.1, -0.05) is 6.92 Å². The number of furan rings is 1. The monoisotopic (exact) mass is 397 g/mol. The van der Waals surface area contributed by atoms with Gasteiger partial charge in [-0.3, -0.25) is 9.38 Å². The van der Waals surface area contributed by atoms with E-state index in [2.05, 4.69) is 29.5 Å². The number of halogens is 2. The molecule has 0 saturated carbocycles. The first kappa shape index (κ1) is 19.2. The molecule has 1 atom stereocenters. The molecular formula is C14H25FIN3O. The van der Waals surface area contributed by atoms with Gasteiger partial charge in [0.25, 0.3) is 0 Å². The van der Waals surface area contributed by atoms with E-state index in [1.807, 2.05) is 12.1 Å². The number of nitrogens with one attached hydrogen (secondary N) is 2. The van der Waals surface area contributed by atoms with Crippen molar-refractivity contribution in [3.05, 3.63) is 24.2 Å². The lowest BCUT2D eigenvalue weighted by Crippen LogP contribution is -2.42. The Labute approximate surface area is 137 Å². The maximum atomic E-state index is 12.1. The quantitative estimate of drug-likeness (QED) is 0.307. The molecule has 1 rings (SSSR count). The molecule has 0 radical (unpaired) electrons. The van der Waals surface area contributed by atoms with Crippen molar-refractivity contribution in [2.75, 3.05) is 19.8 Å². The summed E-state index contributed by atoms with van der Waals surface area (Å²) in [5, 5.41) is 6.53. The van der Waals surface area contributed by atoms with Crippen molar-refractivity contribution in [3.63, 3.8) is 0 Å². The van der Waals surface area contributed by atoms with Crippen LogP contribution in [0.5, 0.6) is 0 Å². The van der Waals surface area contributed by atoms with Crippen molar-refractivity contribution >= 4 is 29.9 Å². The number of nitrogens with zero attached hydrogens (tertiary/aromatic N) is 1. The first-order valence-corrected chi connectivity index (χ1v) is 6.89. The molecule has 2 N–H and O–H groups in total. The molecule has 0 amide bonds. The van der Waals surface area contributed by atoms with Gasteiger partial charge in [-0.2, -0.15) is 0 Å². The second kappa shape index (κ2) is 12.0. The van der Waals surface area contributed by atoms with Crippen LogP contribution in [0.1, 0.15) is 32.4 Å². The fourth-order valence-electron chi connectivity index (χ4n) is 1.50. The molecule has 116 valence electrons. The molecule has 0 aliphatic carbocycles. The van der Waals surface area contributed by atoms with E-state index in [9.17, 15) is 4.39 Å². The molecule has 1 unspecified atom stereocenters. The SMILES string of the molecule is CCC(C)NC(=NCCCF)NCCc1ccco1.I. The Balaban J connectivity index is 0.00000361. The van der Waals surface area contributed by atoms with Gasteiger partial charge in [0.2, 0.25) is 0 Å². The molecular weight excluding hydrogens is 372 g/mol. The number of hydrogen-bond acceptors (Lipinski definition) is 2. The van der Waals surface area contributed by atoms with Crippen LogP contribution in [0.4, 0.5) is 4.39 Å². The van der Waals surface area contributed by atoms with Crippen molar-refractivity contribution in [2.24, 2.45) is 4.99 Å². The number of alkyl halides is 1. The van der Waals surface area contributed by atoms with Crippen LogP contribution in [-0.2, 0) is 6.42 Å². The van der Waals surface area contributed by atoms with Gasteiger partial charge in [0.05, 0.1) is 12.9 Å². The van der Waals surface area contributed by atoms with Crippen LogP contribution in [0.25, 0.3) is 0 Å². The average molecular weight is 397 g/mol. The van der Waals surface area contributed by atoms with Gasteiger partial charge in [0.1, 0.15) is 5.76 Å². The Morgan fingerprint density at radius 1 is 1.50 bits per heavy atom. The number of aliphatic imine (C=N–C) groups is 1. The minimum atomic E-state index is -0.327. The lowest BCUT2D eigenvalue weighted by molar-refractivity contribution is 0.476. The number of hydrogen-bond donors (Lipinski definition) is 2. The third kappa shape index (κ3) is 8.39. The zero-order chi connectivity index (χ0) is 13.9. The minimum absolute atomic E-state index is 0. The zero-order valence-corrected chi connectivity index (χ0v) is 14.5. The summed E-state index contributed by atoms with van der Waals surface area (Å²) in [6.07, 6.45) is 3.95. The Kier molecular flexibility index (Phi) is 11.5. The van der Waals surface area contributed by atoms with Crippen molar-refractivity contribution < 1.29 is 8.81 Å². The van der Waals surface area contributed by atoms with Crippen LogP contribution >= 0.6 is 24.0 Å². The molecule has 0 aromatic carbocycles. The van der Waals surface area contributed by atoms with E-state index in [0.717, 1.165) is 31.1 Å². The molecule has 1 aromatic rings. The molecule has 20 heavy (non-hydrogen) atoms. The largest absolute Gasteiger partial charge is 0.469 e. The normalized spacial score (nSPS) is 12.7. The van der Waals surface area contributed by atoms with Crippen molar-refractivity contribution in [1.82, 2.24) is 10.6 Å². The van der Waals surface area contributed by atoms with Gasteiger partial charge < -0.3 is 15.1 Å². The Hall–Kier alpha value is -0.790. The highest BCUT2D eigenvalue weighted by atomic mass is 127. The average Bonchev–Trinajstić information content (AvgIpc) is 2.91. The van der Waals surface area contributed by atoms with Crippen molar-refractivity contribution in [1.29, 1.82) is 0 Å². The number of guanidine groups is 1. The highest BCUT2D eigenvalue weighted by molar-refractivity contribution is 14.0. The van der Waals surface area contributed by atoms with E-state index in [4.69, 9.17) is 4.42 Å². The predicted octanol–water partition coefficient (Wildman–Crippen LogP) is 3.13. The molecule has 0 spiro atoms. The predicted molar refractivity (Wildman–Crippen MR) is 91.6 cm³/mol. The molecule has 0 aliphatic rings. The van der Waals surface area contributed by atoms with E-state index in [1.165, 1.54) is 0 Å². The van der Waals surface area contributed by atoms with Gasteiger partial charge in [-0.25, -0.2) is 0 Å². The highest BCUT2D eigenvalue weighted by Gasteiger charge is 2.03. The van der Waals surface area contributed by atoms with Crippen LogP contribution < -0.4 is 10.6 Å². The maximum absolute atomic E-state index is 12.1. The van der Waals surface area contributed by atoms with Gasteiger partial charge in [0, 0.05) is 25.6 Å². The van der Waals surface area contributed by atoms with E-state index in [-0.39, 0.29) is 30.7 Å². The van der Waals surface area contributed by atoms with E-state index in [0.29, 0.717) is 19.0 Å². The third-order valence-corrected chi connectivity index (χ3v) is 2.80.